The molecule has 1 aliphatic heterocycles. The van der Waals surface area contributed by atoms with Crippen molar-refractivity contribution in [1.29, 1.82) is 0 Å². The zero-order valence-corrected chi connectivity index (χ0v) is 18.1. The monoisotopic (exact) mass is 497 g/mol. The van der Waals surface area contributed by atoms with Gasteiger partial charge in [-0.05, 0) is 31.6 Å². The van der Waals surface area contributed by atoms with Gasteiger partial charge in [0.15, 0.2) is 0 Å². The Balaban J connectivity index is 1.49. The van der Waals surface area contributed by atoms with E-state index in [1.807, 2.05) is 10.9 Å². The van der Waals surface area contributed by atoms with Crippen molar-refractivity contribution in [1.82, 2.24) is 15.0 Å². The van der Waals surface area contributed by atoms with Gasteiger partial charge in [-0.2, -0.15) is 0 Å². The number of hydrogen-bond donors (Lipinski definition) is 1. The van der Waals surface area contributed by atoms with Crippen LogP contribution in [0.5, 0.6) is 0 Å². The van der Waals surface area contributed by atoms with E-state index in [1.165, 1.54) is 0 Å². The number of aliphatic hydroxyl groups excluding tert-OH is 1. The van der Waals surface area contributed by atoms with E-state index in [4.69, 9.17) is 24.1 Å². The Morgan fingerprint density at radius 3 is 2.63 bits per heavy atom. The van der Waals surface area contributed by atoms with Crippen LogP contribution < -0.4 is 0 Å². The van der Waals surface area contributed by atoms with Crippen LogP contribution in [-0.4, -0.2) is 76.9 Å². The van der Waals surface area contributed by atoms with Crippen molar-refractivity contribution < 1.29 is 24.1 Å². The molecule has 0 aliphatic carbocycles. The Labute approximate surface area is 175 Å². The first-order chi connectivity index (χ1) is 13.3. The minimum atomic E-state index is 0.169. The Bertz CT molecular complexity index is 483. The molecule has 1 aliphatic rings. The van der Waals surface area contributed by atoms with Crippen LogP contribution in [0.4, 0.5) is 0 Å². The number of rotatable bonds is 15. The average molecular weight is 497 g/mol. The van der Waals surface area contributed by atoms with Crippen molar-refractivity contribution in [2.75, 3.05) is 50.7 Å². The van der Waals surface area contributed by atoms with Gasteiger partial charge in [-0.25, -0.2) is 4.68 Å². The van der Waals surface area contributed by atoms with E-state index in [-0.39, 0.29) is 12.7 Å². The van der Waals surface area contributed by atoms with Gasteiger partial charge in [0.1, 0.15) is 5.69 Å². The molecule has 2 heterocycles. The molecule has 0 spiro atoms. The number of hydrogen-bond acceptors (Lipinski definition) is 7. The van der Waals surface area contributed by atoms with Crippen molar-refractivity contribution in [2.45, 2.75) is 44.9 Å². The maximum Gasteiger partial charge on any atom is 0.108 e. The molecule has 1 aromatic rings. The summed E-state index contributed by atoms with van der Waals surface area (Å²) in [7, 11) is 0. The fourth-order valence-electron chi connectivity index (χ4n) is 2.89. The summed E-state index contributed by atoms with van der Waals surface area (Å²) in [5, 5.41) is 17.3. The highest BCUT2D eigenvalue weighted by atomic mass is 127. The first-order valence-electron chi connectivity index (χ1n) is 9.72. The topological polar surface area (TPSA) is 87.9 Å². The maximum atomic E-state index is 8.99. The summed E-state index contributed by atoms with van der Waals surface area (Å²) < 4.78 is 25.3. The molecule has 1 saturated heterocycles. The standard InChI is InChI=1S/C18H32IN3O5/c19-5-1-7-24-8-9-25-10-11-26-15-17-12-22(21-20-17)13-18-3-2-16(4-6-23)14-27-18/h12,16,18,23H,1-11,13-15H2. The van der Waals surface area contributed by atoms with Crippen LogP contribution in [0.15, 0.2) is 6.20 Å². The molecule has 8 nitrogen and oxygen atoms in total. The van der Waals surface area contributed by atoms with Gasteiger partial charge < -0.3 is 24.1 Å². The Morgan fingerprint density at radius 2 is 1.93 bits per heavy atom. The van der Waals surface area contributed by atoms with Crippen LogP contribution in [-0.2, 0) is 32.1 Å². The molecular weight excluding hydrogens is 465 g/mol. The van der Waals surface area contributed by atoms with E-state index in [1.54, 1.807) is 0 Å². The molecule has 2 rings (SSSR count). The summed E-state index contributed by atoms with van der Waals surface area (Å²) in [4.78, 5) is 0. The molecule has 2 unspecified atom stereocenters. The molecule has 0 aromatic carbocycles. The van der Waals surface area contributed by atoms with Crippen LogP contribution >= 0.6 is 22.6 Å². The van der Waals surface area contributed by atoms with Crippen LogP contribution in [0.25, 0.3) is 0 Å². The molecule has 156 valence electrons. The van der Waals surface area contributed by atoms with Crippen molar-refractivity contribution in [3.05, 3.63) is 11.9 Å². The summed E-state index contributed by atoms with van der Waals surface area (Å²) >= 11 is 2.34. The normalized spacial score (nSPS) is 20.2. The first-order valence-corrected chi connectivity index (χ1v) is 11.2. The van der Waals surface area contributed by atoms with Crippen molar-refractivity contribution >= 4 is 22.6 Å². The third-order valence-corrected chi connectivity index (χ3v) is 5.16. The average Bonchev–Trinajstić information content (AvgIpc) is 3.12. The molecule has 1 fully saturated rings. The molecular formula is C18H32IN3O5. The van der Waals surface area contributed by atoms with Crippen molar-refractivity contribution in [3.63, 3.8) is 0 Å². The van der Waals surface area contributed by atoms with Crippen LogP contribution in [0.2, 0.25) is 0 Å². The van der Waals surface area contributed by atoms with Gasteiger partial charge in [-0.15, -0.1) is 5.10 Å². The highest BCUT2D eigenvalue weighted by molar-refractivity contribution is 14.1. The number of nitrogens with zero attached hydrogens (tertiary/aromatic N) is 3. The second-order valence-corrected chi connectivity index (χ2v) is 7.74. The number of aliphatic hydroxyl groups is 1. The number of aromatic nitrogens is 3. The van der Waals surface area contributed by atoms with Gasteiger partial charge in [0.05, 0.1) is 51.9 Å². The zero-order chi connectivity index (χ0) is 19.2. The van der Waals surface area contributed by atoms with Gasteiger partial charge in [0.25, 0.3) is 0 Å². The maximum absolute atomic E-state index is 8.99. The van der Waals surface area contributed by atoms with Gasteiger partial charge >= 0.3 is 0 Å². The van der Waals surface area contributed by atoms with Crippen LogP contribution in [0.3, 0.4) is 0 Å². The van der Waals surface area contributed by atoms with Crippen molar-refractivity contribution in [2.24, 2.45) is 5.92 Å². The molecule has 9 heteroatoms. The minimum absolute atomic E-state index is 0.169. The SMILES string of the molecule is OCCC1CCC(Cn2cc(COCCOCCOCCCI)nn2)OC1. The van der Waals surface area contributed by atoms with E-state index in [2.05, 4.69) is 32.9 Å². The number of ether oxygens (including phenoxy) is 4. The Kier molecular flexibility index (Phi) is 12.4. The fraction of sp³-hybridized carbons (Fsp3) is 0.889. The van der Waals surface area contributed by atoms with Crippen molar-refractivity contribution in [3.8, 4) is 0 Å². The predicted octanol–water partition coefficient (Wildman–Crippen LogP) is 1.83. The number of halogens is 1. The largest absolute Gasteiger partial charge is 0.396 e. The predicted molar refractivity (Wildman–Crippen MR) is 109 cm³/mol. The third kappa shape index (κ3) is 10.1. The Hall–Kier alpha value is -0.330. The van der Waals surface area contributed by atoms with Crippen LogP contribution in [0, 0.1) is 5.92 Å². The van der Waals surface area contributed by atoms with Gasteiger partial charge in [0, 0.05) is 24.2 Å². The van der Waals surface area contributed by atoms with Gasteiger partial charge in [-0.1, -0.05) is 27.8 Å². The fourth-order valence-corrected chi connectivity index (χ4v) is 3.20. The summed E-state index contributed by atoms with van der Waals surface area (Å²) in [6, 6.07) is 0. The second-order valence-electron chi connectivity index (χ2n) is 6.66. The molecule has 0 bridgehead atoms. The second kappa shape index (κ2) is 14.6. The molecule has 1 aromatic heterocycles. The van der Waals surface area contributed by atoms with E-state index in [0.29, 0.717) is 45.5 Å². The highest BCUT2D eigenvalue weighted by Crippen LogP contribution is 2.22. The lowest BCUT2D eigenvalue weighted by atomic mass is 9.96. The van der Waals surface area contributed by atoms with E-state index >= 15 is 0 Å². The molecule has 27 heavy (non-hydrogen) atoms. The van der Waals surface area contributed by atoms with E-state index < -0.39 is 0 Å². The van der Waals surface area contributed by atoms with Crippen LogP contribution in [0.1, 0.15) is 31.4 Å². The minimum Gasteiger partial charge on any atom is -0.396 e. The Morgan fingerprint density at radius 1 is 1.15 bits per heavy atom. The lowest BCUT2D eigenvalue weighted by molar-refractivity contribution is -0.0309. The third-order valence-electron chi connectivity index (χ3n) is 4.39. The van der Waals surface area contributed by atoms with E-state index in [9.17, 15) is 0 Å². The van der Waals surface area contributed by atoms with Gasteiger partial charge in [-0.3, -0.25) is 0 Å². The summed E-state index contributed by atoms with van der Waals surface area (Å²) in [5.41, 5.74) is 0.811. The zero-order valence-electron chi connectivity index (χ0n) is 15.9. The molecule has 0 saturated carbocycles. The lowest BCUT2D eigenvalue weighted by Crippen LogP contribution is -2.30. The number of alkyl halides is 1. The van der Waals surface area contributed by atoms with E-state index in [0.717, 1.165) is 49.0 Å². The molecule has 0 amide bonds. The quantitative estimate of drug-likeness (QED) is 0.225. The van der Waals surface area contributed by atoms with Gasteiger partial charge in [0.2, 0.25) is 0 Å². The smallest absolute Gasteiger partial charge is 0.108 e. The summed E-state index contributed by atoms with van der Waals surface area (Å²) in [5.74, 6) is 0.482. The highest BCUT2D eigenvalue weighted by Gasteiger charge is 2.22. The molecule has 2 atom stereocenters. The summed E-state index contributed by atoms with van der Waals surface area (Å²) in [6.07, 6.45) is 6.08. The molecule has 1 N–H and O–H groups in total. The first kappa shape index (κ1) is 23.0. The lowest BCUT2D eigenvalue weighted by Gasteiger charge is -2.28. The molecule has 0 radical (unpaired) electrons. The summed E-state index contributed by atoms with van der Waals surface area (Å²) in [6.45, 7) is 5.21.